The molecular weight excluding hydrogens is 516 g/mol. The van der Waals surface area contributed by atoms with Gasteiger partial charge in [-0.1, -0.05) is 19.1 Å². The van der Waals surface area contributed by atoms with E-state index >= 15 is 8.78 Å². The Balaban J connectivity index is 1.69. The lowest BCUT2D eigenvalue weighted by atomic mass is 9.91. The van der Waals surface area contributed by atoms with Gasteiger partial charge in [0.25, 0.3) is 5.91 Å². The molecular formula is C30H35F2N5O3. The van der Waals surface area contributed by atoms with Gasteiger partial charge in [-0.05, 0) is 62.2 Å². The summed E-state index contributed by atoms with van der Waals surface area (Å²) in [6.07, 6.45) is 5.84. The van der Waals surface area contributed by atoms with Crippen LogP contribution in [0.3, 0.4) is 0 Å². The number of ether oxygens (including phenoxy) is 1. The molecule has 40 heavy (non-hydrogen) atoms. The first kappa shape index (κ1) is 29.3. The summed E-state index contributed by atoms with van der Waals surface area (Å²) in [5, 5.41) is 13.0. The Morgan fingerprint density at radius 1 is 1.23 bits per heavy atom. The van der Waals surface area contributed by atoms with Gasteiger partial charge in [-0.3, -0.25) is 9.78 Å². The second kappa shape index (κ2) is 11.8. The molecule has 1 aliphatic heterocycles. The third-order valence-electron chi connectivity index (χ3n) is 7.34. The zero-order valence-electron chi connectivity index (χ0n) is 23.3. The van der Waals surface area contributed by atoms with Crippen molar-refractivity contribution in [3.63, 3.8) is 0 Å². The number of hydrogen-bond acceptors (Lipinski definition) is 7. The average Bonchev–Trinajstić information content (AvgIpc) is 2.92. The van der Waals surface area contributed by atoms with Crippen LogP contribution in [-0.4, -0.2) is 53.3 Å². The van der Waals surface area contributed by atoms with Crippen LogP contribution in [0.1, 0.15) is 49.3 Å². The van der Waals surface area contributed by atoms with E-state index in [4.69, 9.17) is 10.5 Å². The fourth-order valence-electron chi connectivity index (χ4n) is 4.86. The second-order valence-corrected chi connectivity index (χ2v) is 10.5. The number of methoxy groups -OCH3 is 1. The second-order valence-electron chi connectivity index (χ2n) is 10.5. The first-order valence-corrected chi connectivity index (χ1v) is 13.1. The predicted molar refractivity (Wildman–Crippen MR) is 152 cm³/mol. The van der Waals surface area contributed by atoms with Gasteiger partial charge in [0.1, 0.15) is 23.0 Å². The molecule has 8 nitrogen and oxygen atoms in total. The normalized spacial score (nSPS) is 19.7. The van der Waals surface area contributed by atoms with Gasteiger partial charge in [0, 0.05) is 43.9 Å². The van der Waals surface area contributed by atoms with E-state index < -0.39 is 35.3 Å². The summed E-state index contributed by atoms with van der Waals surface area (Å²) in [5.74, 6) is -2.15. The minimum Gasteiger partial charge on any atom is -0.391 e. The van der Waals surface area contributed by atoms with E-state index in [2.05, 4.69) is 15.3 Å². The minimum atomic E-state index is -0.779. The number of halogens is 2. The number of rotatable bonds is 7. The SMILES string of the molecule is CC=Cc1cc(C(C)(C)OC)cc(F)c1-c1nc(C(=O)Nc2cnccc2N2CC(C)C(O)C(N)C2)ccc1F. The number of allylic oxidation sites excluding steroid dienone is 1. The van der Waals surface area contributed by atoms with E-state index in [1.54, 1.807) is 51.3 Å². The number of aromatic nitrogens is 2. The third-order valence-corrected chi connectivity index (χ3v) is 7.34. The molecule has 0 spiro atoms. The molecule has 1 aromatic carbocycles. The van der Waals surface area contributed by atoms with Crippen molar-refractivity contribution in [2.45, 2.75) is 45.4 Å². The number of hydrogen-bond donors (Lipinski definition) is 3. The molecule has 3 aromatic rings. The lowest BCUT2D eigenvalue weighted by Gasteiger charge is -2.40. The molecule has 1 aliphatic rings. The Bertz CT molecular complexity index is 1420. The van der Waals surface area contributed by atoms with E-state index in [0.29, 0.717) is 35.6 Å². The van der Waals surface area contributed by atoms with E-state index in [1.165, 1.54) is 25.4 Å². The van der Waals surface area contributed by atoms with Crippen LogP contribution < -0.4 is 16.0 Å². The molecule has 2 aromatic heterocycles. The molecule has 4 N–H and O–H groups in total. The van der Waals surface area contributed by atoms with Gasteiger partial charge in [-0.15, -0.1) is 0 Å². The van der Waals surface area contributed by atoms with Crippen LogP contribution in [0.15, 0.2) is 48.8 Å². The maximum atomic E-state index is 15.6. The summed E-state index contributed by atoms with van der Waals surface area (Å²) in [4.78, 5) is 23.7. The van der Waals surface area contributed by atoms with Gasteiger partial charge >= 0.3 is 0 Å². The molecule has 0 bridgehead atoms. The average molecular weight is 552 g/mol. The Labute approximate surface area is 232 Å². The molecule has 0 aliphatic carbocycles. The van der Waals surface area contributed by atoms with E-state index in [-0.39, 0.29) is 22.9 Å². The highest BCUT2D eigenvalue weighted by Gasteiger charge is 2.32. The highest BCUT2D eigenvalue weighted by atomic mass is 19.1. The fourth-order valence-corrected chi connectivity index (χ4v) is 4.86. The zero-order valence-corrected chi connectivity index (χ0v) is 23.3. The van der Waals surface area contributed by atoms with Crippen molar-refractivity contribution in [2.24, 2.45) is 11.7 Å². The molecule has 212 valence electrons. The summed E-state index contributed by atoms with van der Waals surface area (Å²) >= 11 is 0. The number of carbonyl (C=O) groups excluding carboxylic acids is 1. The number of nitrogens with one attached hydrogen (secondary N) is 1. The van der Waals surface area contributed by atoms with Gasteiger partial charge in [-0.25, -0.2) is 13.8 Å². The van der Waals surface area contributed by atoms with Gasteiger partial charge in [0.2, 0.25) is 0 Å². The smallest absolute Gasteiger partial charge is 0.274 e. The van der Waals surface area contributed by atoms with E-state index in [9.17, 15) is 9.90 Å². The van der Waals surface area contributed by atoms with Crippen LogP contribution in [-0.2, 0) is 10.3 Å². The number of nitrogens with zero attached hydrogens (tertiary/aromatic N) is 3. The summed E-state index contributed by atoms with van der Waals surface area (Å²) in [7, 11) is 1.53. The number of carbonyl (C=O) groups is 1. The van der Waals surface area contributed by atoms with E-state index in [0.717, 1.165) is 6.07 Å². The highest BCUT2D eigenvalue weighted by Crippen LogP contribution is 2.35. The predicted octanol–water partition coefficient (Wildman–Crippen LogP) is 4.73. The van der Waals surface area contributed by atoms with Crippen molar-refractivity contribution in [3.05, 3.63) is 77.3 Å². The first-order chi connectivity index (χ1) is 19.0. The van der Waals surface area contributed by atoms with E-state index in [1.807, 2.05) is 11.8 Å². The van der Waals surface area contributed by atoms with Gasteiger partial charge < -0.3 is 25.8 Å². The van der Waals surface area contributed by atoms with Crippen molar-refractivity contribution >= 4 is 23.4 Å². The van der Waals surface area contributed by atoms with Crippen molar-refractivity contribution in [1.82, 2.24) is 9.97 Å². The van der Waals surface area contributed by atoms with Crippen molar-refractivity contribution in [3.8, 4) is 11.3 Å². The summed E-state index contributed by atoms with van der Waals surface area (Å²) in [5.41, 5.74) is 6.97. The lowest BCUT2D eigenvalue weighted by Crippen LogP contribution is -2.55. The van der Waals surface area contributed by atoms with Gasteiger partial charge in [0.05, 0.1) is 29.3 Å². The van der Waals surface area contributed by atoms with Crippen LogP contribution in [0.5, 0.6) is 0 Å². The molecule has 1 saturated heterocycles. The number of benzene rings is 1. The number of aliphatic hydroxyl groups is 1. The standard InChI is InChI=1S/C30H35F2N5O3/c1-6-7-18-12-19(30(3,4)40-5)13-21(32)26(18)27-20(31)8-9-23(35-27)29(39)36-24-14-34-11-10-25(24)37-15-17(2)28(38)22(33)16-37/h6-14,17,22,28,38H,15-16,33H2,1-5H3,(H,36,39). The largest absolute Gasteiger partial charge is 0.391 e. The van der Waals surface area contributed by atoms with Crippen LogP contribution >= 0.6 is 0 Å². The molecule has 0 saturated carbocycles. The summed E-state index contributed by atoms with van der Waals surface area (Å²) in [6, 6.07) is 6.65. The van der Waals surface area contributed by atoms with Gasteiger partial charge in [0.15, 0.2) is 0 Å². The number of piperidine rings is 1. The lowest BCUT2D eigenvalue weighted by molar-refractivity contribution is 0.0190. The fraction of sp³-hybridized carbons (Fsp3) is 0.367. The maximum absolute atomic E-state index is 15.6. The molecule has 3 unspecified atom stereocenters. The molecule has 10 heteroatoms. The van der Waals surface area contributed by atoms with Crippen molar-refractivity contribution < 1.29 is 23.4 Å². The number of pyridine rings is 2. The molecule has 0 radical (unpaired) electrons. The maximum Gasteiger partial charge on any atom is 0.274 e. The molecule has 1 amide bonds. The number of aliphatic hydroxyl groups excluding tert-OH is 1. The Morgan fingerprint density at radius 2 is 1.98 bits per heavy atom. The number of amides is 1. The third kappa shape index (κ3) is 5.89. The van der Waals surface area contributed by atoms with Gasteiger partial charge in [-0.2, -0.15) is 0 Å². The highest BCUT2D eigenvalue weighted by molar-refractivity contribution is 6.05. The van der Waals surface area contributed by atoms with Crippen molar-refractivity contribution in [1.29, 1.82) is 0 Å². The molecule has 3 atom stereocenters. The number of anilines is 2. The van der Waals surface area contributed by atoms with Crippen LogP contribution in [0, 0.1) is 17.6 Å². The summed E-state index contributed by atoms with van der Waals surface area (Å²) in [6.45, 7) is 8.20. The van der Waals surface area contributed by atoms with Crippen LogP contribution in [0.2, 0.25) is 0 Å². The minimum absolute atomic E-state index is 0.0576. The quantitative estimate of drug-likeness (QED) is 0.389. The Kier molecular flexibility index (Phi) is 8.62. The van der Waals surface area contributed by atoms with Crippen molar-refractivity contribution in [2.75, 3.05) is 30.4 Å². The first-order valence-electron chi connectivity index (χ1n) is 13.1. The molecule has 1 fully saturated rings. The molecule has 4 rings (SSSR count). The monoisotopic (exact) mass is 551 g/mol. The van der Waals surface area contributed by atoms with Crippen LogP contribution in [0.25, 0.3) is 17.3 Å². The van der Waals surface area contributed by atoms with Crippen LogP contribution in [0.4, 0.5) is 20.2 Å². The molecule has 3 heterocycles. The Morgan fingerprint density at radius 3 is 2.65 bits per heavy atom. The number of nitrogens with two attached hydrogens (primary N) is 1. The Hall–Kier alpha value is -3.73. The topological polar surface area (TPSA) is 114 Å². The zero-order chi connectivity index (χ0) is 29.2. The summed E-state index contributed by atoms with van der Waals surface area (Å²) < 4.78 is 36.2.